The van der Waals surface area contributed by atoms with Crippen LogP contribution >= 0.6 is 11.3 Å². The van der Waals surface area contributed by atoms with Crippen LogP contribution in [-0.4, -0.2) is 34.9 Å². The molecular formula is C20H18N4O6S. The van der Waals surface area contributed by atoms with Crippen LogP contribution in [0, 0.1) is 10.1 Å². The van der Waals surface area contributed by atoms with Crippen LogP contribution in [-0.2, 0) is 4.79 Å². The number of methoxy groups -OCH3 is 1. The maximum atomic E-state index is 12.8. The summed E-state index contributed by atoms with van der Waals surface area (Å²) in [6.07, 6.45) is 0.636. The van der Waals surface area contributed by atoms with Crippen LogP contribution in [0.25, 0.3) is 0 Å². The highest BCUT2D eigenvalue weighted by Crippen LogP contribution is 2.30. The number of nitro groups is 1. The van der Waals surface area contributed by atoms with Crippen LogP contribution in [0.1, 0.15) is 17.3 Å². The molecule has 1 aromatic heterocycles. The van der Waals surface area contributed by atoms with Gasteiger partial charge in [0.1, 0.15) is 17.2 Å². The molecule has 0 aliphatic rings. The number of ether oxygens (including phenoxy) is 2. The third-order valence-corrected chi connectivity index (χ3v) is 4.81. The number of hydrogen-bond acceptors (Lipinski definition) is 8. The first-order valence-electron chi connectivity index (χ1n) is 8.99. The summed E-state index contributed by atoms with van der Waals surface area (Å²) in [5.74, 6) is -0.626. The molecule has 0 aliphatic heterocycles. The molecule has 2 amide bonds. The molecule has 3 rings (SSSR count). The summed E-state index contributed by atoms with van der Waals surface area (Å²) in [6.45, 7) is 1.53. The van der Waals surface area contributed by atoms with Crippen molar-refractivity contribution in [3.63, 3.8) is 0 Å². The zero-order chi connectivity index (χ0) is 22.4. The fourth-order valence-electron chi connectivity index (χ4n) is 2.58. The van der Waals surface area contributed by atoms with Gasteiger partial charge in [-0.15, -0.1) is 11.3 Å². The average Bonchev–Trinajstić information content (AvgIpc) is 3.27. The Balaban J connectivity index is 1.77. The Morgan fingerprint density at radius 2 is 1.97 bits per heavy atom. The zero-order valence-electron chi connectivity index (χ0n) is 16.5. The monoisotopic (exact) mass is 442 g/mol. The Kier molecular flexibility index (Phi) is 6.78. The maximum Gasteiger partial charge on any atom is 0.296 e. The second-order valence-electron chi connectivity index (χ2n) is 6.18. The molecule has 2 aromatic carbocycles. The second kappa shape index (κ2) is 9.67. The summed E-state index contributed by atoms with van der Waals surface area (Å²) in [5.41, 5.74) is -0.205. The smallest absolute Gasteiger partial charge is 0.296 e. The van der Waals surface area contributed by atoms with Crippen molar-refractivity contribution in [2.45, 2.75) is 13.0 Å². The maximum absolute atomic E-state index is 12.8. The minimum absolute atomic E-state index is 0.000152. The molecule has 1 atom stereocenters. The molecule has 31 heavy (non-hydrogen) atoms. The van der Waals surface area contributed by atoms with Gasteiger partial charge in [0.15, 0.2) is 11.2 Å². The minimum Gasteiger partial charge on any atom is -0.496 e. The lowest BCUT2D eigenvalue weighted by Gasteiger charge is -2.16. The Hall–Kier alpha value is -3.99. The summed E-state index contributed by atoms with van der Waals surface area (Å²) in [5, 5.41) is 18.6. The molecule has 160 valence electrons. The molecule has 0 unspecified atom stereocenters. The number of carbonyl (C=O) groups is 2. The topological polar surface area (TPSA) is 133 Å². The van der Waals surface area contributed by atoms with Crippen LogP contribution in [0.5, 0.6) is 11.5 Å². The van der Waals surface area contributed by atoms with Crippen LogP contribution in [0.4, 0.5) is 16.5 Å². The number of carbonyl (C=O) groups excluding carboxylic acids is 2. The lowest BCUT2D eigenvalue weighted by Crippen LogP contribution is -2.30. The Morgan fingerprint density at radius 1 is 1.19 bits per heavy atom. The first-order chi connectivity index (χ1) is 14.9. The Bertz CT molecular complexity index is 1100. The van der Waals surface area contributed by atoms with Crippen molar-refractivity contribution in [3.8, 4) is 11.5 Å². The van der Waals surface area contributed by atoms with Gasteiger partial charge in [-0.1, -0.05) is 12.1 Å². The molecule has 1 heterocycles. The number of thiazole rings is 1. The van der Waals surface area contributed by atoms with Crippen molar-refractivity contribution >= 4 is 39.7 Å². The van der Waals surface area contributed by atoms with E-state index in [1.54, 1.807) is 23.7 Å². The number of nitro benzene ring substituents is 1. The van der Waals surface area contributed by atoms with Crippen LogP contribution in [0.2, 0.25) is 0 Å². The lowest BCUT2D eigenvalue weighted by atomic mass is 10.1. The van der Waals surface area contributed by atoms with E-state index < -0.39 is 22.8 Å². The van der Waals surface area contributed by atoms with E-state index >= 15 is 0 Å². The molecule has 2 N–H and O–H groups in total. The highest BCUT2D eigenvalue weighted by molar-refractivity contribution is 7.13. The summed E-state index contributed by atoms with van der Waals surface area (Å²) in [7, 11) is 1.39. The number of nitrogens with one attached hydrogen (secondary N) is 2. The van der Waals surface area contributed by atoms with Gasteiger partial charge < -0.3 is 14.8 Å². The molecule has 0 bridgehead atoms. The van der Waals surface area contributed by atoms with E-state index in [0.717, 1.165) is 0 Å². The SMILES string of the molecule is COc1ccc(NC(=O)c2ccccc2O[C@H](C)C(=O)Nc2nccs2)c([N+](=O)[O-])c1. The van der Waals surface area contributed by atoms with Crippen LogP contribution in [0.3, 0.4) is 0 Å². The first kappa shape index (κ1) is 21.7. The molecular weight excluding hydrogens is 424 g/mol. The van der Waals surface area contributed by atoms with Crippen LogP contribution < -0.4 is 20.1 Å². The summed E-state index contributed by atoms with van der Waals surface area (Å²) < 4.78 is 10.7. The van der Waals surface area contributed by atoms with Crippen molar-refractivity contribution in [1.29, 1.82) is 0 Å². The Morgan fingerprint density at radius 3 is 2.65 bits per heavy atom. The molecule has 10 nitrogen and oxygen atoms in total. The van der Waals surface area contributed by atoms with Gasteiger partial charge in [0, 0.05) is 11.6 Å². The summed E-state index contributed by atoms with van der Waals surface area (Å²) >= 11 is 1.26. The van der Waals surface area contributed by atoms with E-state index in [-0.39, 0.29) is 28.4 Å². The van der Waals surface area contributed by atoms with E-state index in [2.05, 4.69) is 15.6 Å². The number of amides is 2. The van der Waals surface area contributed by atoms with Gasteiger partial charge in [-0.3, -0.25) is 25.0 Å². The normalized spacial score (nSPS) is 11.3. The van der Waals surface area contributed by atoms with Crippen molar-refractivity contribution in [3.05, 3.63) is 69.7 Å². The number of benzene rings is 2. The van der Waals surface area contributed by atoms with E-state index in [1.165, 1.54) is 55.7 Å². The molecule has 0 spiro atoms. The first-order valence-corrected chi connectivity index (χ1v) is 9.87. The summed E-state index contributed by atoms with van der Waals surface area (Å²) in [6, 6.07) is 10.4. The largest absolute Gasteiger partial charge is 0.496 e. The highest BCUT2D eigenvalue weighted by Gasteiger charge is 2.22. The predicted octanol–water partition coefficient (Wildman–Crippen LogP) is 3.72. The van der Waals surface area contributed by atoms with Crippen molar-refractivity contribution in [1.82, 2.24) is 4.98 Å². The number of rotatable bonds is 8. The number of anilines is 2. The van der Waals surface area contributed by atoms with Crippen LogP contribution in [0.15, 0.2) is 54.0 Å². The van der Waals surface area contributed by atoms with Gasteiger partial charge >= 0.3 is 0 Å². The van der Waals surface area contributed by atoms with E-state index in [0.29, 0.717) is 5.13 Å². The molecule has 0 saturated carbocycles. The number of para-hydroxylation sites is 1. The van der Waals surface area contributed by atoms with Gasteiger partial charge in [0.05, 0.1) is 23.7 Å². The molecule has 11 heteroatoms. The van der Waals surface area contributed by atoms with E-state index in [4.69, 9.17) is 9.47 Å². The number of hydrogen-bond donors (Lipinski definition) is 2. The predicted molar refractivity (Wildman–Crippen MR) is 115 cm³/mol. The standard InChI is InChI=1S/C20H18N4O6S/c1-12(18(25)23-20-21-9-10-31-20)30-17-6-4-3-5-14(17)19(26)22-15-8-7-13(29-2)11-16(15)24(27)28/h3-12H,1-2H3,(H,22,26)(H,21,23,25)/t12-/m1/s1. The van der Waals surface area contributed by atoms with Crippen molar-refractivity contribution in [2.75, 3.05) is 17.7 Å². The second-order valence-corrected chi connectivity index (χ2v) is 7.07. The van der Waals surface area contributed by atoms with Crippen molar-refractivity contribution in [2.24, 2.45) is 0 Å². The van der Waals surface area contributed by atoms with Gasteiger partial charge in [0.25, 0.3) is 17.5 Å². The fraction of sp³-hybridized carbons (Fsp3) is 0.150. The van der Waals surface area contributed by atoms with Gasteiger partial charge in [0.2, 0.25) is 0 Å². The van der Waals surface area contributed by atoms with Gasteiger partial charge in [-0.2, -0.15) is 0 Å². The number of nitrogens with zero attached hydrogens (tertiary/aromatic N) is 2. The van der Waals surface area contributed by atoms with E-state index in [1.807, 2.05) is 0 Å². The third-order valence-electron chi connectivity index (χ3n) is 4.12. The fourth-order valence-corrected chi connectivity index (χ4v) is 3.11. The van der Waals surface area contributed by atoms with Gasteiger partial charge in [-0.25, -0.2) is 4.98 Å². The molecule has 3 aromatic rings. The molecule has 0 fully saturated rings. The lowest BCUT2D eigenvalue weighted by molar-refractivity contribution is -0.384. The van der Waals surface area contributed by atoms with E-state index in [9.17, 15) is 19.7 Å². The highest BCUT2D eigenvalue weighted by atomic mass is 32.1. The quantitative estimate of drug-likeness (QED) is 0.401. The van der Waals surface area contributed by atoms with Gasteiger partial charge in [-0.05, 0) is 31.2 Å². The average molecular weight is 442 g/mol. The molecule has 0 saturated heterocycles. The molecule has 0 radical (unpaired) electrons. The zero-order valence-corrected chi connectivity index (χ0v) is 17.3. The molecule has 0 aliphatic carbocycles. The number of aromatic nitrogens is 1. The summed E-state index contributed by atoms with van der Waals surface area (Å²) in [4.78, 5) is 39.8. The van der Waals surface area contributed by atoms with Crippen molar-refractivity contribution < 1.29 is 24.0 Å². The third kappa shape index (κ3) is 5.34. The Labute approximate surface area is 181 Å². The minimum atomic E-state index is -0.923.